The molecule has 4 aromatic rings. The smallest absolute Gasteiger partial charge is 0.246 e. The van der Waals surface area contributed by atoms with Crippen LogP contribution in [0.5, 0.6) is 0 Å². The normalized spacial score (nSPS) is 11.5. The number of nitrogens with zero attached hydrogens (tertiary/aromatic N) is 3. The van der Waals surface area contributed by atoms with E-state index in [9.17, 15) is 4.79 Å². The summed E-state index contributed by atoms with van der Waals surface area (Å²) in [6.07, 6.45) is 3.65. The van der Waals surface area contributed by atoms with E-state index in [0.717, 1.165) is 33.7 Å². The molecule has 2 aromatic heterocycles. The standard InChI is InChI=1S/C24H23BClN5O/c1-16(13-17-7-3-2-4-8-17)24(32)28-12-11-27-22-14-21(18-9-5-6-10-20(18)26)30-23-19(25)15-29-31(22)23/h2-10,13-15,27H,11-12,25H2,1H3,(H,28,32)/b16-13+. The Balaban J connectivity index is 1.46. The molecule has 160 valence electrons. The molecule has 6 nitrogen and oxygen atoms in total. The summed E-state index contributed by atoms with van der Waals surface area (Å²) < 4.78 is 1.76. The van der Waals surface area contributed by atoms with Crippen molar-refractivity contribution < 1.29 is 4.79 Å². The molecule has 8 heteroatoms. The Morgan fingerprint density at radius 3 is 2.66 bits per heavy atom. The Morgan fingerprint density at radius 2 is 1.88 bits per heavy atom. The van der Waals surface area contributed by atoms with Gasteiger partial charge in [-0.05, 0) is 30.1 Å². The predicted octanol–water partition coefficient (Wildman–Crippen LogP) is 2.94. The Labute approximate surface area is 192 Å². The molecular formula is C24H23BClN5O. The molecule has 0 atom stereocenters. The number of carbonyl (C=O) groups excluding carboxylic acids is 1. The summed E-state index contributed by atoms with van der Waals surface area (Å²) in [5.41, 5.74) is 5.01. The van der Waals surface area contributed by atoms with Gasteiger partial charge in [-0.2, -0.15) is 9.61 Å². The average Bonchev–Trinajstić information content (AvgIpc) is 3.18. The molecule has 0 saturated carbocycles. The van der Waals surface area contributed by atoms with Gasteiger partial charge >= 0.3 is 0 Å². The molecule has 0 fully saturated rings. The molecule has 0 aliphatic rings. The van der Waals surface area contributed by atoms with Gasteiger partial charge in [0.25, 0.3) is 0 Å². The second-order valence-corrected chi connectivity index (χ2v) is 7.90. The minimum atomic E-state index is -0.0952. The maximum Gasteiger partial charge on any atom is 0.246 e. The van der Waals surface area contributed by atoms with E-state index in [1.807, 2.05) is 81.5 Å². The maximum atomic E-state index is 12.4. The number of hydrogen-bond donors (Lipinski definition) is 2. The maximum absolute atomic E-state index is 12.4. The third kappa shape index (κ3) is 4.84. The summed E-state index contributed by atoms with van der Waals surface area (Å²) >= 11 is 6.39. The zero-order valence-corrected chi connectivity index (χ0v) is 18.7. The molecule has 0 unspecified atom stereocenters. The van der Waals surface area contributed by atoms with Crippen LogP contribution in [0, 0.1) is 0 Å². The van der Waals surface area contributed by atoms with E-state index in [1.165, 1.54) is 0 Å². The summed E-state index contributed by atoms with van der Waals surface area (Å²) in [6.45, 7) is 2.80. The second-order valence-electron chi connectivity index (χ2n) is 7.49. The molecule has 2 heterocycles. The van der Waals surface area contributed by atoms with E-state index >= 15 is 0 Å². The minimum absolute atomic E-state index is 0.0952. The Hall–Kier alpha value is -3.58. The number of amides is 1. The lowest BCUT2D eigenvalue weighted by molar-refractivity contribution is -0.117. The molecule has 2 aromatic carbocycles. The van der Waals surface area contributed by atoms with Gasteiger partial charge in [-0.3, -0.25) is 4.79 Å². The van der Waals surface area contributed by atoms with Gasteiger partial charge in [-0.25, -0.2) is 4.98 Å². The van der Waals surface area contributed by atoms with Gasteiger partial charge in [-0.15, -0.1) is 0 Å². The quantitative estimate of drug-likeness (QED) is 0.262. The van der Waals surface area contributed by atoms with Crippen molar-refractivity contribution in [1.29, 1.82) is 0 Å². The van der Waals surface area contributed by atoms with Gasteiger partial charge in [0.2, 0.25) is 5.91 Å². The van der Waals surface area contributed by atoms with Crippen LogP contribution in [0.15, 0.2) is 72.4 Å². The van der Waals surface area contributed by atoms with E-state index in [1.54, 1.807) is 10.7 Å². The van der Waals surface area contributed by atoms with E-state index in [0.29, 0.717) is 23.7 Å². The van der Waals surface area contributed by atoms with Gasteiger partial charge in [0, 0.05) is 41.5 Å². The van der Waals surface area contributed by atoms with Crippen LogP contribution in [0.25, 0.3) is 23.0 Å². The highest BCUT2D eigenvalue weighted by Crippen LogP contribution is 2.28. The van der Waals surface area contributed by atoms with Gasteiger partial charge in [0.1, 0.15) is 13.7 Å². The lowest BCUT2D eigenvalue weighted by atomic mass is 10.0. The van der Waals surface area contributed by atoms with Crippen molar-refractivity contribution in [2.24, 2.45) is 0 Å². The van der Waals surface area contributed by atoms with Gasteiger partial charge in [0.15, 0.2) is 5.65 Å². The molecule has 4 rings (SSSR count). The monoisotopic (exact) mass is 443 g/mol. The van der Waals surface area contributed by atoms with E-state index in [-0.39, 0.29) is 5.91 Å². The zero-order chi connectivity index (χ0) is 22.5. The van der Waals surface area contributed by atoms with Crippen LogP contribution < -0.4 is 16.1 Å². The molecule has 0 spiro atoms. The van der Waals surface area contributed by atoms with Crippen molar-refractivity contribution in [3.05, 3.63) is 83.0 Å². The number of nitrogens with one attached hydrogen (secondary N) is 2. The van der Waals surface area contributed by atoms with Crippen LogP contribution in [0.1, 0.15) is 12.5 Å². The largest absolute Gasteiger partial charge is 0.368 e. The highest BCUT2D eigenvalue weighted by atomic mass is 35.5. The first-order chi connectivity index (χ1) is 15.5. The highest BCUT2D eigenvalue weighted by Gasteiger charge is 2.12. The topological polar surface area (TPSA) is 71.3 Å². The fraction of sp³-hybridized carbons (Fsp3) is 0.125. The zero-order valence-electron chi connectivity index (χ0n) is 18.0. The summed E-state index contributed by atoms with van der Waals surface area (Å²) in [5.74, 6) is 0.686. The van der Waals surface area contributed by atoms with Crippen LogP contribution in [-0.4, -0.2) is 41.4 Å². The van der Waals surface area contributed by atoms with Crippen LogP contribution >= 0.6 is 11.6 Å². The number of carbonyl (C=O) groups is 1. The molecule has 1 amide bonds. The SMILES string of the molecule is Bc1cnn2c(NCCNC(=O)/C(C)=C/c3ccccc3)cc(-c3ccccc3Cl)nc12. The molecule has 0 bridgehead atoms. The van der Waals surface area contributed by atoms with Crippen LogP contribution in [0.3, 0.4) is 0 Å². The van der Waals surface area contributed by atoms with Crippen LogP contribution in [0.4, 0.5) is 5.82 Å². The van der Waals surface area contributed by atoms with Gasteiger partial charge in [-0.1, -0.05) is 60.1 Å². The molecule has 0 aliphatic heterocycles. The second kappa shape index (κ2) is 9.70. The number of rotatable bonds is 7. The third-order valence-electron chi connectivity index (χ3n) is 5.06. The molecular weight excluding hydrogens is 421 g/mol. The van der Waals surface area contributed by atoms with E-state index in [4.69, 9.17) is 16.6 Å². The van der Waals surface area contributed by atoms with Crippen molar-refractivity contribution in [1.82, 2.24) is 19.9 Å². The number of benzene rings is 2. The first kappa shape index (κ1) is 21.6. The molecule has 0 aliphatic carbocycles. The summed E-state index contributed by atoms with van der Waals surface area (Å²) in [6, 6.07) is 19.3. The number of anilines is 1. The number of hydrogen-bond acceptors (Lipinski definition) is 4. The fourth-order valence-corrected chi connectivity index (χ4v) is 3.61. The van der Waals surface area contributed by atoms with Gasteiger partial charge in [0.05, 0.1) is 5.69 Å². The van der Waals surface area contributed by atoms with Crippen molar-refractivity contribution in [2.45, 2.75) is 6.92 Å². The summed E-state index contributed by atoms with van der Waals surface area (Å²) in [4.78, 5) is 17.1. The Kier molecular flexibility index (Phi) is 6.56. The summed E-state index contributed by atoms with van der Waals surface area (Å²) in [7, 11) is 1.97. The van der Waals surface area contributed by atoms with Crippen molar-refractivity contribution >= 4 is 48.4 Å². The highest BCUT2D eigenvalue weighted by molar-refractivity contribution is 6.36. The molecule has 32 heavy (non-hydrogen) atoms. The molecule has 2 N–H and O–H groups in total. The van der Waals surface area contributed by atoms with Gasteiger partial charge < -0.3 is 10.6 Å². The van der Waals surface area contributed by atoms with Crippen LogP contribution in [0.2, 0.25) is 5.02 Å². The van der Waals surface area contributed by atoms with Crippen molar-refractivity contribution in [3.8, 4) is 11.3 Å². The van der Waals surface area contributed by atoms with E-state index < -0.39 is 0 Å². The predicted molar refractivity (Wildman–Crippen MR) is 133 cm³/mol. The lowest BCUT2D eigenvalue weighted by Gasteiger charge is -2.12. The minimum Gasteiger partial charge on any atom is -0.368 e. The first-order valence-corrected chi connectivity index (χ1v) is 10.8. The van der Waals surface area contributed by atoms with Crippen LogP contribution in [-0.2, 0) is 4.79 Å². The van der Waals surface area contributed by atoms with E-state index in [2.05, 4.69) is 15.7 Å². The summed E-state index contributed by atoms with van der Waals surface area (Å²) in [5, 5.41) is 11.4. The molecule has 0 radical (unpaired) electrons. The average molecular weight is 444 g/mol. The number of halogens is 1. The van der Waals surface area contributed by atoms with Crippen molar-refractivity contribution in [3.63, 3.8) is 0 Å². The molecule has 0 saturated heterocycles. The van der Waals surface area contributed by atoms with Crippen molar-refractivity contribution in [2.75, 3.05) is 18.4 Å². The number of fused-ring (bicyclic) bond motifs is 1. The third-order valence-corrected chi connectivity index (χ3v) is 5.39. The first-order valence-electron chi connectivity index (χ1n) is 10.4. The Morgan fingerprint density at radius 1 is 1.12 bits per heavy atom. The Bertz CT molecular complexity index is 1290. The lowest BCUT2D eigenvalue weighted by Crippen LogP contribution is -2.29. The number of aromatic nitrogens is 3. The fourth-order valence-electron chi connectivity index (χ4n) is 3.38.